The molecule has 0 unspecified atom stereocenters. The van der Waals surface area contributed by atoms with Crippen LogP contribution in [0.3, 0.4) is 0 Å². The number of aromatic nitrogens is 1. The lowest BCUT2D eigenvalue weighted by molar-refractivity contribution is 0.281. The van der Waals surface area contributed by atoms with E-state index in [2.05, 4.69) is 44.0 Å². The fourth-order valence-electron chi connectivity index (χ4n) is 2.39. The SMILES string of the molecule is OCc1cc(Br)cnc1N1CCc2ccccc21. The average molecular weight is 305 g/mol. The molecule has 1 N–H and O–H groups in total. The van der Waals surface area contributed by atoms with Crippen molar-refractivity contribution >= 4 is 27.4 Å². The molecule has 0 saturated heterocycles. The van der Waals surface area contributed by atoms with Crippen molar-refractivity contribution in [2.75, 3.05) is 11.4 Å². The minimum atomic E-state index is 0.000437. The maximum atomic E-state index is 9.46. The number of anilines is 2. The third-order valence-electron chi connectivity index (χ3n) is 3.22. The van der Waals surface area contributed by atoms with Crippen LogP contribution in [0.25, 0.3) is 0 Å². The highest BCUT2D eigenvalue weighted by atomic mass is 79.9. The lowest BCUT2D eigenvalue weighted by atomic mass is 10.2. The Kier molecular flexibility index (Phi) is 3.06. The molecule has 0 aliphatic carbocycles. The van der Waals surface area contributed by atoms with Crippen LogP contribution < -0.4 is 4.90 Å². The standard InChI is InChI=1S/C14H13BrN2O/c15-12-7-11(9-18)14(16-8-12)17-6-5-10-3-1-2-4-13(10)17/h1-4,7-8,18H,5-6,9H2. The van der Waals surface area contributed by atoms with Crippen molar-refractivity contribution in [3.63, 3.8) is 0 Å². The van der Waals surface area contributed by atoms with Crippen molar-refractivity contribution < 1.29 is 5.11 Å². The lowest BCUT2D eigenvalue weighted by Crippen LogP contribution is -2.16. The van der Waals surface area contributed by atoms with Gasteiger partial charge in [0, 0.05) is 28.5 Å². The Labute approximate surface area is 114 Å². The predicted octanol–water partition coefficient (Wildman–Crippen LogP) is 3.03. The van der Waals surface area contributed by atoms with Gasteiger partial charge in [-0.15, -0.1) is 0 Å². The monoisotopic (exact) mass is 304 g/mol. The van der Waals surface area contributed by atoms with Gasteiger partial charge in [-0.3, -0.25) is 0 Å². The van der Waals surface area contributed by atoms with E-state index in [0.717, 1.165) is 28.8 Å². The van der Waals surface area contributed by atoms with Gasteiger partial charge in [-0.25, -0.2) is 4.98 Å². The highest BCUT2D eigenvalue weighted by Gasteiger charge is 2.22. The van der Waals surface area contributed by atoms with E-state index < -0.39 is 0 Å². The molecule has 0 atom stereocenters. The Morgan fingerprint density at radius 2 is 2.17 bits per heavy atom. The number of benzene rings is 1. The number of hydrogen-bond acceptors (Lipinski definition) is 3. The largest absolute Gasteiger partial charge is 0.392 e. The molecule has 0 amide bonds. The van der Waals surface area contributed by atoms with Crippen LogP contribution in [-0.2, 0) is 13.0 Å². The van der Waals surface area contributed by atoms with Crippen LogP contribution in [0.1, 0.15) is 11.1 Å². The van der Waals surface area contributed by atoms with Gasteiger partial charge >= 0.3 is 0 Å². The van der Waals surface area contributed by atoms with Gasteiger partial charge in [-0.1, -0.05) is 18.2 Å². The molecule has 0 spiro atoms. The van der Waals surface area contributed by atoms with E-state index in [0.29, 0.717) is 0 Å². The summed E-state index contributed by atoms with van der Waals surface area (Å²) >= 11 is 3.39. The van der Waals surface area contributed by atoms with Gasteiger partial charge in [-0.05, 0) is 40.0 Å². The molecule has 1 aliphatic heterocycles. The van der Waals surface area contributed by atoms with Crippen molar-refractivity contribution in [1.29, 1.82) is 0 Å². The Hall–Kier alpha value is -1.39. The molecule has 1 aromatic carbocycles. The zero-order chi connectivity index (χ0) is 12.5. The first-order valence-electron chi connectivity index (χ1n) is 5.90. The van der Waals surface area contributed by atoms with Crippen LogP contribution in [0.4, 0.5) is 11.5 Å². The van der Waals surface area contributed by atoms with Gasteiger partial charge in [0.25, 0.3) is 0 Å². The molecular formula is C14H13BrN2O. The van der Waals surface area contributed by atoms with Gasteiger partial charge in [0.2, 0.25) is 0 Å². The van der Waals surface area contributed by atoms with Crippen LogP contribution in [-0.4, -0.2) is 16.6 Å². The lowest BCUT2D eigenvalue weighted by Gasteiger charge is -2.21. The number of halogens is 1. The van der Waals surface area contributed by atoms with Crippen LogP contribution in [0.15, 0.2) is 41.0 Å². The minimum Gasteiger partial charge on any atom is -0.392 e. The molecule has 2 heterocycles. The number of nitrogens with zero attached hydrogens (tertiary/aromatic N) is 2. The Morgan fingerprint density at radius 3 is 3.00 bits per heavy atom. The summed E-state index contributed by atoms with van der Waals surface area (Å²) in [5.74, 6) is 0.852. The van der Waals surface area contributed by atoms with Crippen LogP contribution in [0.2, 0.25) is 0 Å². The van der Waals surface area contributed by atoms with E-state index >= 15 is 0 Å². The second-order valence-electron chi connectivity index (χ2n) is 4.32. The Bertz CT molecular complexity index is 586. The molecule has 4 heteroatoms. The van der Waals surface area contributed by atoms with Gasteiger partial charge in [0.05, 0.1) is 6.61 Å². The number of rotatable bonds is 2. The summed E-state index contributed by atoms with van der Waals surface area (Å²) in [6.45, 7) is 0.918. The van der Waals surface area contributed by atoms with E-state index in [-0.39, 0.29) is 6.61 Å². The number of aliphatic hydroxyl groups is 1. The Balaban J connectivity index is 2.07. The molecule has 18 heavy (non-hydrogen) atoms. The summed E-state index contributed by atoms with van der Waals surface area (Å²) < 4.78 is 0.891. The first-order valence-corrected chi connectivity index (χ1v) is 6.69. The van der Waals surface area contributed by atoms with Gasteiger partial charge < -0.3 is 10.0 Å². The minimum absolute atomic E-state index is 0.000437. The number of aliphatic hydroxyl groups excluding tert-OH is 1. The highest BCUT2D eigenvalue weighted by molar-refractivity contribution is 9.10. The van der Waals surface area contributed by atoms with Gasteiger partial charge in [-0.2, -0.15) is 0 Å². The van der Waals surface area contributed by atoms with E-state index in [1.807, 2.05) is 12.1 Å². The maximum absolute atomic E-state index is 9.46. The van der Waals surface area contributed by atoms with Crippen molar-refractivity contribution in [3.8, 4) is 0 Å². The topological polar surface area (TPSA) is 36.4 Å². The third kappa shape index (κ3) is 1.91. The molecular weight excluding hydrogens is 292 g/mol. The zero-order valence-corrected chi connectivity index (χ0v) is 11.4. The summed E-state index contributed by atoms with van der Waals surface area (Å²) in [6, 6.07) is 10.3. The summed E-state index contributed by atoms with van der Waals surface area (Å²) in [5, 5.41) is 9.46. The smallest absolute Gasteiger partial charge is 0.138 e. The second-order valence-corrected chi connectivity index (χ2v) is 5.24. The van der Waals surface area contributed by atoms with E-state index in [1.54, 1.807) is 6.20 Å². The molecule has 1 aliphatic rings. The van der Waals surface area contributed by atoms with E-state index in [9.17, 15) is 5.11 Å². The van der Waals surface area contributed by atoms with Crippen molar-refractivity contribution in [3.05, 3.63) is 52.1 Å². The summed E-state index contributed by atoms with van der Waals surface area (Å²) in [6.07, 6.45) is 2.80. The van der Waals surface area contributed by atoms with Crippen molar-refractivity contribution in [1.82, 2.24) is 4.98 Å². The van der Waals surface area contributed by atoms with Crippen LogP contribution in [0.5, 0.6) is 0 Å². The van der Waals surface area contributed by atoms with Crippen LogP contribution in [0, 0.1) is 0 Å². The first-order chi connectivity index (χ1) is 8.79. The molecule has 0 fully saturated rings. The van der Waals surface area contributed by atoms with E-state index in [4.69, 9.17) is 0 Å². The van der Waals surface area contributed by atoms with Crippen molar-refractivity contribution in [2.24, 2.45) is 0 Å². The van der Waals surface area contributed by atoms with E-state index in [1.165, 1.54) is 11.3 Å². The predicted molar refractivity (Wildman–Crippen MR) is 75.0 cm³/mol. The Morgan fingerprint density at radius 1 is 1.33 bits per heavy atom. The highest BCUT2D eigenvalue weighted by Crippen LogP contribution is 2.35. The van der Waals surface area contributed by atoms with Gasteiger partial charge in [0.15, 0.2) is 0 Å². The molecule has 3 rings (SSSR count). The van der Waals surface area contributed by atoms with Crippen molar-refractivity contribution in [2.45, 2.75) is 13.0 Å². The zero-order valence-electron chi connectivity index (χ0n) is 9.81. The quantitative estimate of drug-likeness (QED) is 0.926. The molecule has 1 aromatic heterocycles. The number of hydrogen-bond donors (Lipinski definition) is 1. The fraction of sp³-hybridized carbons (Fsp3) is 0.214. The third-order valence-corrected chi connectivity index (χ3v) is 3.66. The number of pyridine rings is 1. The molecule has 0 bridgehead atoms. The van der Waals surface area contributed by atoms with Gasteiger partial charge in [0.1, 0.15) is 5.82 Å². The molecule has 3 nitrogen and oxygen atoms in total. The summed E-state index contributed by atoms with van der Waals surface area (Å²) in [4.78, 5) is 6.62. The normalized spacial score (nSPS) is 13.8. The molecule has 0 radical (unpaired) electrons. The second kappa shape index (κ2) is 4.71. The molecule has 92 valence electrons. The molecule has 2 aromatic rings. The summed E-state index contributed by atoms with van der Waals surface area (Å²) in [5.41, 5.74) is 3.38. The number of para-hydroxylation sites is 1. The average Bonchev–Trinajstić information content (AvgIpc) is 2.82. The fourth-order valence-corrected chi connectivity index (χ4v) is 2.77. The molecule has 0 saturated carbocycles. The first kappa shape index (κ1) is 11.7. The number of fused-ring (bicyclic) bond motifs is 1. The maximum Gasteiger partial charge on any atom is 0.138 e. The van der Waals surface area contributed by atoms with Crippen LogP contribution >= 0.6 is 15.9 Å². The summed E-state index contributed by atoms with van der Waals surface area (Å²) in [7, 11) is 0.